The van der Waals surface area contributed by atoms with Crippen LogP contribution in [0.2, 0.25) is 0 Å². The second-order valence-corrected chi connectivity index (χ2v) is 8.84. The first-order chi connectivity index (χ1) is 17.4. The van der Waals surface area contributed by atoms with E-state index >= 15 is 0 Å². The summed E-state index contributed by atoms with van der Waals surface area (Å²) in [6.07, 6.45) is 0.127. The quantitative estimate of drug-likeness (QED) is 0.325. The fourth-order valence-corrected chi connectivity index (χ4v) is 4.95. The van der Waals surface area contributed by atoms with Crippen LogP contribution in [0.4, 0.5) is 14.5 Å². The van der Waals surface area contributed by atoms with Gasteiger partial charge in [-0.1, -0.05) is 19.1 Å². The van der Waals surface area contributed by atoms with Crippen LogP contribution >= 0.6 is 0 Å². The Morgan fingerprint density at radius 1 is 1.16 bits per heavy atom. The molecule has 4 aromatic rings. The van der Waals surface area contributed by atoms with E-state index in [-0.39, 0.29) is 55.1 Å². The SMILES string of the molecule is CCc1nc2c(F)cc(F)cc2n1-c1cccc2c1OC[C@H]2Nc1ccc2c(c1)OC[C@H]2OC(C)=O.[H-].[Na+]. The molecular formula is C27H24F2N3NaO4. The van der Waals surface area contributed by atoms with Crippen molar-refractivity contribution < 1.29 is 58.8 Å². The van der Waals surface area contributed by atoms with Crippen molar-refractivity contribution in [3.63, 3.8) is 0 Å². The predicted octanol–water partition coefficient (Wildman–Crippen LogP) is 2.52. The van der Waals surface area contributed by atoms with Crippen LogP contribution in [-0.2, 0) is 16.0 Å². The molecule has 186 valence electrons. The molecule has 0 saturated carbocycles. The van der Waals surface area contributed by atoms with Crippen LogP contribution in [0.3, 0.4) is 0 Å². The summed E-state index contributed by atoms with van der Waals surface area (Å²) in [4.78, 5) is 15.8. The van der Waals surface area contributed by atoms with Gasteiger partial charge in [0.25, 0.3) is 0 Å². The molecule has 0 aliphatic carbocycles. The van der Waals surface area contributed by atoms with Crippen molar-refractivity contribution in [1.82, 2.24) is 9.55 Å². The van der Waals surface area contributed by atoms with Crippen LogP contribution in [0.1, 0.15) is 44.4 Å². The third kappa shape index (κ3) is 4.45. The van der Waals surface area contributed by atoms with Crippen LogP contribution in [-0.4, -0.2) is 28.7 Å². The van der Waals surface area contributed by atoms with Gasteiger partial charge in [-0.2, -0.15) is 0 Å². The summed E-state index contributed by atoms with van der Waals surface area (Å²) in [6.45, 7) is 3.96. The first-order valence-corrected chi connectivity index (χ1v) is 11.8. The molecule has 10 heteroatoms. The van der Waals surface area contributed by atoms with E-state index in [1.54, 1.807) is 4.57 Å². The molecule has 0 spiro atoms. The largest absolute Gasteiger partial charge is 1.00 e. The van der Waals surface area contributed by atoms with Crippen LogP contribution < -0.4 is 44.3 Å². The number of benzene rings is 3. The second-order valence-electron chi connectivity index (χ2n) is 8.84. The number of hydrogen-bond acceptors (Lipinski definition) is 6. The Morgan fingerprint density at radius 2 is 2.00 bits per heavy atom. The minimum atomic E-state index is -0.693. The number of anilines is 1. The molecule has 1 aromatic heterocycles. The Morgan fingerprint density at radius 3 is 2.78 bits per heavy atom. The molecule has 0 radical (unpaired) electrons. The maximum Gasteiger partial charge on any atom is 1.00 e. The number of nitrogens with one attached hydrogen (secondary N) is 1. The van der Waals surface area contributed by atoms with E-state index in [2.05, 4.69) is 10.3 Å². The van der Waals surface area contributed by atoms with Gasteiger partial charge in [0.05, 0.1) is 17.2 Å². The molecule has 37 heavy (non-hydrogen) atoms. The summed E-state index contributed by atoms with van der Waals surface area (Å²) < 4.78 is 47.5. The Labute approximate surface area is 235 Å². The van der Waals surface area contributed by atoms with Crippen molar-refractivity contribution in [1.29, 1.82) is 0 Å². The van der Waals surface area contributed by atoms with Crippen LogP contribution in [0.5, 0.6) is 11.5 Å². The van der Waals surface area contributed by atoms with Crippen molar-refractivity contribution in [3.8, 4) is 17.2 Å². The zero-order valence-electron chi connectivity index (χ0n) is 21.7. The van der Waals surface area contributed by atoms with Gasteiger partial charge >= 0.3 is 35.5 Å². The monoisotopic (exact) mass is 515 g/mol. The molecule has 6 rings (SSSR count). The van der Waals surface area contributed by atoms with E-state index in [0.717, 1.165) is 22.9 Å². The smallest absolute Gasteiger partial charge is 1.00 e. The molecule has 2 aliphatic heterocycles. The van der Waals surface area contributed by atoms with Crippen molar-refractivity contribution in [2.24, 2.45) is 0 Å². The number of ether oxygens (including phenoxy) is 3. The van der Waals surface area contributed by atoms with E-state index in [1.165, 1.54) is 13.0 Å². The van der Waals surface area contributed by atoms with Crippen molar-refractivity contribution in [2.75, 3.05) is 18.5 Å². The Balaban J connectivity index is 0.00000168. The summed E-state index contributed by atoms with van der Waals surface area (Å²) in [7, 11) is 0. The number of carbonyl (C=O) groups is 1. The number of rotatable bonds is 5. The number of aromatic nitrogens is 2. The number of carbonyl (C=O) groups excluding carboxylic acids is 1. The van der Waals surface area contributed by atoms with Gasteiger partial charge in [0.1, 0.15) is 41.9 Å². The molecule has 3 aromatic carbocycles. The number of para-hydroxylation sites is 1. The second kappa shape index (κ2) is 9.96. The van der Waals surface area contributed by atoms with E-state index < -0.39 is 17.7 Å². The van der Waals surface area contributed by atoms with Gasteiger partial charge in [0.15, 0.2) is 11.9 Å². The Bertz CT molecular complexity index is 1530. The molecule has 2 atom stereocenters. The molecule has 3 heterocycles. The summed E-state index contributed by atoms with van der Waals surface area (Å²) in [5.74, 6) is 0.215. The molecule has 0 saturated heterocycles. The molecule has 1 N–H and O–H groups in total. The van der Waals surface area contributed by atoms with Gasteiger partial charge < -0.3 is 21.0 Å². The van der Waals surface area contributed by atoms with Crippen molar-refractivity contribution >= 4 is 22.7 Å². The van der Waals surface area contributed by atoms with Crippen molar-refractivity contribution in [2.45, 2.75) is 32.4 Å². The molecule has 7 nitrogen and oxygen atoms in total. The zero-order chi connectivity index (χ0) is 25.0. The van der Waals surface area contributed by atoms with Gasteiger partial charge in [0.2, 0.25) is 0 Å². The first kappa shape index (κ1) is 25.5. The van der Waals surface area contributed by atoms with Gasteiger partial charge in [-0.15, -0.1) is 0 Å². The molecule has 0 unspecified atom stereocenters. The van der Waals surface area contributed by atoms with Crippen LogP contribution in [0.25, 0.3) is 16.7 Å². The number of aryl methyl sites for hydroxylation is 1. The van der Waals surface area contributed by atoms with Gasteiger partial charge in [-0.3, -0.25) is 9.36 Å². The average Bonchev–Trinajstić information content (AvgIpc) is 3.54. The number of nitrogens with zero attached hydrogens (tertiary/aromatic N) is 2. The molecule has 0 fully saturated rings. The van der Waals surface area contributed by atoms with Gasteiger partial charge in [-0.05, 0) is 18.2 Å². The third-order valence-electron chi connectivity index (χ3n) is 6.50. The number of halogens is 2. The van der Waals surface area contributed by atoms with Gasteiger partial charge in [-0.25, -0.2) is 13.8 Å². The topological polar surface area (TPSA) is 74.6 Å². The summed E-state index contributed by atoms with van der Waals surface area (Å²) in [6, 6.07) is 13.4. The number of fused-ring (bicyclic) bond motifs is 3. The van der Waals surface area contributed by atoms with Gasteiger partial charge in [0, 0.05) is 48.4 Å². The Hall–Kier alpha value is -3.14. The van der Waals surface area contributed by atoms with Crippen LogP contribution in [0.15, 0.2) is 48.5 Å². The molecule has 0 amide bonds. The molecule has 0 bridgehead atoms. The number of hydrogen-bond donors (Lipinski definition) is 1. The fraction of sp³-hybridized carbons (Fsp3) is 0.259. The third-order valence-corrected chi connectivity index (χ3v) is 6.50. The number of esters is 1. The minimum Gasteiger partial charge on any atom is -1.00 e. The fourth-order valence-electron chi connectivity index (χ4n) is 4.95. The zero-order valence-corrected chi connectivity index (χ0v) is 22.7. The summed E-state index contributed by atoms with van der Waals surface area (Å²) >= 11 is 0. The van der Waals surface area contributed by atoms with E-state index in [1.807, 2.05) is 43.3 Å². The van der Waals surface area contributed by atoms with Crippen LogP contribution in [0, 0.1) is 11.6 Å². The van der Waals surface area contributed by atoms with E-state index in [0.29, 0.717) is 41.6 Å². The Kier molecular flexibility index (Phi) is 6.87. The number of imidazole rings is 1. The average molecular weight is 515 g/mol. The minimum absolute atomic E-state index is 0. The summed E-state index contributed by atoms with van der Waals surface area (Å²) in [5, 5.41) is 3.48. The molecular weight excluding hydrogens is 491 g/mol. The summed E-state index contributed by atoms with van der Waals surface area (Å²) in [5.41, 5.74) is 3.75. The first-order valence-electron chi connectivity index (χ1n) is 11.8. The van der Waals surface area contributed by atoms with Crippen molar-refractivity contribution in [3.05, 3.63) is 77.1 Å². The predicted molar refractivity (Wildman–Crippen MR) is 130 cm³/mol. The normalized spacial score (nSPS) is 17.4. The standard InChI is InChI=1S/C27H23F2N3O4.Na.H/c1-3-25-31-26-19(29)9-15(28)10-22(26)32(25)21-6-4-5-17-20(12-35-27(17)21)30-16-7-8-18-23(11-16)34-13-24(18)36-14(2)33;;/h4-11,20,24,30H,3,12-13H2,1-2H3;;/q;+1;-1/t20-,24-;;/m1../s1. The molecule has 2 aliphatic rings. The van der Waals surface area contributed by atoms with E-state index in [9.17, 15) is 13.6 Å². The maximum atomic E-state index is 14.5. The van der Waals surface area contributed by atoms with E-state index in [4.69, 9.17) is 14.2 Å². The maximum absolute atomic E-state index is 14.5.